The number of hydrogen-bond donors (Lipinski definition) is 0. The molecule has 0 N–H and O–H groups in total. The third-order valence-corrected chi connectivity index (χ3v) is 4.47. The Morgan fingerprint density at radius 2 is 1.87 bits per heavy atom. The van der Waals surface area contributed by atoms with Crippen LogP contribution in [0.25, 0.3) is 20.2 Å². The molecule has 0 atom stereocenters. The van der Waals surface area contributed by atoms with E-state index < -0.39 is 0 Å². The van der Waals surface area contributed by atoms with Crippen LogP contribution in [0, 0.1) is 6.92 Å². The molecule has 3 rings (SSSR count). The van der Waals surface area contributed by atoms with Crippen molar-refractivity contribution in [2.24, 2.45) is 0 Å². The first-order valence-corrected chi connectivity index (χ1v) is 6.31. The standard InChI is InChI=1S/C12H8OS2/c1-7-6-9-11(14-7)8-4-2-3-5-10(8)15-12(9)13/h2-6H,1H3. The highest BCUT2D eigenvalue weighted by Crippen LogP contribution is 2.31. The van der Waals surface area contributed by atoms with E-state index in [0.29, 0.717) is 0 Å². The second kappa shape index (κ2) is 3.15. The van der Waals surface area contributed by atoms with E-state index in [4.69, 9.17) is 0 Å². The summed E-state index contributed by atoms with van der Waals surface area (Å²) in [7, 11) is 0. The molecular formula is C12H8OS2. The van der Waals surface area contributed by atoms with Crippen molar-refractivity contribution < 1.29 is 0 Å². The summed E-state index contributed by atoms with van der Waals surface area (Å²) in [6, 6.07) is 10.1. The molecule has 3 aromatic rings. The van der Waals surface area contributed by atoms with Crippen molar-refractivity contribution in [3.05, 3.63) is 44.7 Å². The van der Waals surface area contributed by atoms with Crippen LogP contribution in [0.4, 0.5) is 0 Å². The van der Waals surface area contributed by atoms with Crippen LogP contribution in [0.5, 0.6) is 0 Å². The van der Waals surface area contributed by atoms with Crippen LogP contribution in [0.1, 0.15) is 4.88 Å². The lowest BCUT2D eigenvalue weighted by Gasteiger charge is -1.95. The van der Waals surface area contributed by atoms with Gasteiger partial charge >= 0.3 is 0 Å². The molecule has 0 aliphatic heterocycles. The molecule has 0 fully saturated rings. The van der Waals surface area contributed by atoms with Crippen LogP contribution in [0.2, 0.25) is 0 Å². The third-order valence-electron chi connectivity index (χ3n) is 2.41. The Hall–Kier alpha value is -1.19. The predicted octanol–water partition coefficient (Wildman–Crippen LogP) is 3.78. The quantitative estimate of drug-likeness (QED) is 0.576. The summed E-state index contributed by atoms with van der Waals surface area (Å²) in [5, 5.41) is 2.08. The molecule has 0 spiro atoms. The van der Waals surface area contributed by atoms with E-state index in [1.54, 1.807) is 11.3 Å². The first-order chi connectivity index (χ1) is 7.25. The molecule has 0 aliphatic rings. The summed E-state index contributed by atoms with van der Waals surface area (Å²) >= 11 is 3.04. The Bertz CT molecular complexity index is 706. The van der Waals surface area contributed by atoms with Gasteiger partial charge in [0.05, 0.1) is 5.39 Å². The molecular weight excluding hydrogens is 224 g/mol. The normalized spacial score (nSPS) is 11.3. The van der Waals surface area contributed by atoms with Crippen LogP contribution in [-0.4, -0.2) is 0 Å². The molecule has 1 aromatic carbocycles. The van der Waals surface area contributed by atoms with Crippen molar-refractivity contribution in [1.29, 1.82) is 0 Å². The molecule has 0 bridgehead atoms. The van der Waals surface area contributed by atoms with E-state index in [1.807, 2.05) is 31.2 Å². The summed E-state index contributed by atoms with van der Waals surface area (Å²) in [6.07, 6.45) is 0. The molecule has 74 valence electrons. The van der Waals surface area contributed by atoms with Crippen LogP contribution in [-0.2, 0) is 0 Å². The fraction of sp³-hybridized carbons (Fsp3) is 0.0833. The Kier molecular flexibility index (Phi) is 1.90. The predicted molar refractivity (Wildman–Crippen MR) is 68.2 cm³/mol. The highest BCUT2D eigenvalue weighted by molar-refractivity contribution is 7.23. The Balaban J connectivity index is 2.69. The van der Waals surface area contributed by atoms with Crippen LogP contribution in [0.15, 0.2) is 35.1 Å². The molecule has 0 amide bonds. The number of aryl methyl sites for hydroxylation is 1. The van der Waals surface area contributed by atoms with Gasteiger partial charge in [-0.25, -0.2) is 0 Å². The van der Waals surface area contributed by atoms with E-state index in [-0.39, 0.29) is 4.74 Å². The molecule has 0 saturated carbocycles. The van der Waals surface area contributed by atoms with Gasteiger partial charge in [0.25, 0.3) is 0 Å². The first kappa shape index (κ1) is 9.07. The molecule has 1 nitrogen and oxygen atoms in total. The molecule has 15 heavy (non-hydrogen) atoms. The van der Waals surface area contributed by atoms with Gasteiger partial charge in [-0.2, -0.15) is 0 Å². The highest BCUT2D eigenvalue weighted by Gasteiger charge is 2.07. The maximum absolute atomic E-state index is 11.8. The molecule has 2 heterocycles. The van der Waals surface area contributed by atoms with Gasteiger partial charge in [0.15, 0.2) is 0 Å². The van der Waals surface area contributed by atoms with Gasteiger partial charge in [-0.1, -0.05) is 29.5 Å². The van der Waals surface area contributed by atoms with E-state index in [9.17, 15) is 4.79 Å². The van der Waals surface area contributed by atoms with Crippen molar-refractivity contribution in [2.45, 2.75) is 6.92 Å². The zero-order valence-electron chi connectivity index (χ0n) is 8.11. The zero-order chi connectivity index (χ0) is 10.4. The number of fused-ring (bicyclic) bond motifs is 3. The molecule has 0 aliphatic carbocycles. The molecule has 3 heteroatoms. The summed E-state index contributed by atoms with van der Waals surface area (Å²) in [5.74, 6) is 0. The van der Waals surface area contributed by atoms with Crippen LogP contribution in [0.3, 0.4) is 0 Å². The highest BCUT2D eigenvalue weighted by atomic mass is 32.1. The Labute approximate surface area is 94.6 Å². The van der Waals surface area contributed by atoms with Crippen molar-refractivity contribution in [1.82, 2.24) is 0 Å². The van der Waals surface area contributed by atoms with E-state index >= 15 is 0 Å². The van der Waals surface area contributed by atoms with Crippen LogP contribution >= 0.6 is 22.7 Å². The zero-order valence-corrected chi connectivity index (χ0v) is 9.74. The van der Waals surface area contributed by atoms with Gasteiger partial charge < -0.3 is 0 Å². The number of benzene rings is 1. The monoisotopic (exact) mass is 232 g/mol. The first-order valence-electron chi connectivity index (χ1n) is 4.68. The maximum Gasteiger partial charge on any atom is 0.241 e. The molecule has 2 aromatic heterocycles. The number of hydrogen-bond acceptors (Lipinski definition) is 3. The molecule has 0 saturated heterocycles. The average molecular weight is 232 g/mol. The maximum atomic E-state index is 11.8. The van der Waals surface area contributed by atoms with Crippen molar-refractivity contribution in [3.63, 3.8) is 0 Å². The van der Waals surface area contributed by atoms with Gasteiger partial charge in [-0.3, -0.25) is 4.79 Å². The average Bonchev–Trinajstić information content (AvgIpc) is 2.61. The summed E-state index contributed by atoms with van der Waals surface area (Å²) < 4.78 is 2.39. The van der Waals surface area contributed by atoms with Gasteiger partial charge in [-0.15, -0.1) is 11.3 Å². The van der Waals surface area contributed by atoms with Crippen molar-refractivity contribution in [2.75, 3.05) is 0 Å². The number of rotatable bonds is 0. The lowest BCUT2D eigenvalue weighted by Crippen LogP contribution is -1.92. The lowest BCUT2D eigenvalue weighted by molar-refractivity contribution is 1.65. The fourth-order valence-corrected chi connectivity index (χ4v) is 3.84. The van der Waals surface area contributed by atoms with Crippen molar-refractivity contribution >= 4 is 42.8 Å². The summed E-state index contributed by atoms with van der Waals surface area (Å²) in [4.78, 5) is 13.0. The van der Waals surface area contributed by atoms with E-state index in [0.717, 1.165) is 14.8 Å². The largest absolute Gasteiger partial charge is 0.277 e. The van der Waals surface area contributed by atoms with Gasteiger partial charge in [-0.05, 0) is 19.1 Å². The minimum absolute atomic E-state index is 0.174. The minimum atomic E-state index is 0.174. The fourth-order valence-electron chi connectivity index (χ4n) is 1.76. The SMILES string of the molecule is Cc1cc2c(=O)sc3ccccc3c2s1. The van der Waals surface area contributed by atoms with Gasteiger partial charge in [0.2, 0.25) is 4.74 Å². The molecule has 0 radical (unpaired) electrons. The number of thiophene rings is 1. The van der Waals surface area contributed by atoms with Crippen molar-refractivity contribution in [3.8, 4) is 0 Å². The van der Waals surface area contributed by atoms with Gasteiger partial charge in [0, 0.05) is 19.7 Å². The molecule has 0 unspecified atom stereocenters. The smallest absolute Gasteiger partial charge is 0.241 e. The topological polar surface area (TPSA) is 17.1 Å². The van der Waals surface area contributed by atoms with E-state index in [2.05, 4.69) is 6.07 Å². The third kappa shape index (κ3) is 1.31. The minimum Gasteiger partial charge on any atom is -0.277 e. The Morgan fingerprint density at radius 1 is 1.07 bits per heavy atom. The summed E-state index contributed by atoms with van der Waals surface area (Å²) in [5.41, 5.74) is 0. The van der Waals surface area contributed by atoms with Crippen LogP contribution < -0.4 is 4.74 Å². The second-order valence-electron chi connectivity index (χ2n) is 3.49. The second-order valence-corrected chi connectivity index (χ2v) is 5.76. The Morgan fingerprint density at radius 3 is 2.73 bits per heavy atom. The van der Waals surface area contributed by atoms with E-state index in [1.165, 1.54) is 21.6 Å². The lowest BCUT2D eigenvalue weighted by atomic mass is 10.2. The summed E-state index contributed by atoms with van der Waals surface area (Å²) in [6.45, 7) is 2.05. The van der Waals surface area contributed by atoms with Gasteiger partial charge in [0.1, 0.15) is 0 Å².